The highest BCUT2D eigenvalue weighted by Gasteiger charge is 2.16. The number of pyridine rings is 1. The van der Waals surface area contributed by atoms with Crippen molar-refractivity contribution in [2.45, 2.75) is 20.8 Å². The number of H-pyrrole nitrogens is 1. The quantitative estimate of drug-likeness (QED) is 0.790. The van der Waals surface area contributed by atoms with Gasteiger partial charge in [0.15, 0.2) is 0 Å². The first-order valence-electron chi connectivity index (χ1n) is 5.29. The van der Waals surface area contributed by atoms with Crippen molar-refractivity contribution < 1.29 is 9.90 Å². The van der Waals surface area contributed by atoms with E-state index in [9.17, 15) is 9.59 Å². The molecule has 0 aliphatic heterocycles. The van der Waals surface area contributed by atoms with Crippen LogP contribution < -0.4 is 5.56 Å². The van der Waals surface area contributed by atoms with Gasteiger partial charge in [0, 0.05) is 5.39 Å². The van der Waals surface area contributed by atoms with E-state index in [1.54, 1.807) is 6.92 Å². The SMILES string of the molecule is Cc1ccc2c(C)c(C(=O)O)c(=O)[nH]c2c1C. The van der Waals surface area contributed by atoms with Crippen molar-refractivity contribution in [1.82, 2.24) is 4.98 Å². The van der Waals surface area contributed by atoms with Crippen molar-refractivity contribution in [3.8, 4) is 0 Å². The largest absolute Gasteiger partial charge is 0.477 e. The number of aromatic amines is 1. The summed E-state index contributed by atoms with van der Waals surface area (Å²) in [4.78, 5) is 25.4. The molecule has 2 N–H and O–H groups in total. The van der Waals surface area contributed by atoms with Crippen LogP contribution in [0.3, 0.4) is 0 Å². The van der Waals surface area contributed by atoms with E-state index in [1.807, 2.05) is 26.0 Å². The van der Waals surface area contributed by atoms with Gasteiger partial charge in [-0.1, -0.05) is 12.1 Å². The van der Waals surface area contributed by atoms with Gasteiger partial charge in [0.25, 0.3) is 5.56 Å². The summed E-state index contributed by atoms with van der Waals surface area (Å²) in [5.41, 5.74) is 2.55. The summed E-state index contributed by atoms with van der Waals surface area (Å²) in [5, 5.41) is 9.79. The van der Waals surface area contributed by atoms with E-state index >= 15 is 0 Å². The molecule has 0 aliphatic carbocycles. The third-order valence-electron chi connectivity index (χ3n) is 3.19. The Balaban J connectivity index is 3.01. The Labute approximate surface area is 97.9 Å². The Hall–Kier alpha value is -2.10. The number of benzene rings is 1. The molecule has 17 heavy (non-hydrogen) atoms. The summed E-state index contributed by atoms with van der Waals surface area (Å²) in [6, 6.07) is 3.77. The van der Waals surface area contributed by atoms with Gasteiger partial charge in [-0.15, -0.1) is 0 Å². The lowest BCUT2D eigenvalue weighted by molar-refractivity contribution is 0.0694. The highest BCUT2D eigenvalue weighted by Crippen LogP contribution is 2.22. The van der Waals surface area contributed by atoms with Gasteiger partial charge < -0.3 is 10.1 Å². The number of nitrogens with one attached hydrogen (secondary N) is 1. The molecule has 0 radical (unpaired) electrons. The minimum absolute atomic E-state index is 0.180. The number of rotatable bonds is 1. The number of carboxylic acid groups (broad SMARTS) is 1. The smallest absolute Gasteiger partial charge is 0.341 e. The fraction of sp³-hybridized carbons (Fsp3) is 0.231. The van der Waals surface area contributed by atoms with E-state index in [-0.39, 0.29) is 5.56 Å². The zero-order valence-electron chi connectivity index (χ0n) is 9.92. The van der Waals surface area contributed by atoms with Gasteiger partial charge in [0.2, 0.25) is 0 Å². The predicted molar refractivity (Wildman–Crippen MR) is 65.7 cm³/mol. The number of aryl methyl sites for hydroxylation is 3. The second-order valence-electron chi connectivity index (χ2n) is 4.19. The zero-order chi connectivity index (χ0) is 12.7. The molecule has 0 bridgehead atoms. The van der Waals surface area contributed by atoms with Crippen molar-refractivity contribution in [1.29, 1.82) is 0 Å². The molecule has 1 heterocycles. The van der Waals surface area contributed by atoms with Crippen molar-refractivity contribution in [3.63, 3.8) is 0 Å². The van der Waals surface area contributed by atoms with Gasteiger partial charge in [0.05, 0.1) is 5.52 Å². The van der Waals surface area contributed by atoms with Gasteiger partial charge in [-0.3, -0.25) is 4.79 Å². The molecule has 0 saturated carbocycles. The molecule has 1 aromatic heterocycles. The van der Waals surface area contributed by atoms with E-state index in [1.165, 1.54) is 0 Å². The van der Waals surface area contributed by atoms with Crippen molar-refractivity contribution in [2.24, 2.45) is 0 Å². The van der Waals surface area contributed by atoms with Crippen LogP contribution in [-0.2, 0) is 0 Å². The van der Waals surface area contributed by atoms with Gasteiger partial charge in [-0.05, 0) is 37.5 Å². The predicted octanol–water partition coefficient (Wildman–Crippen LogP) is 2.15. The van der Waals surface area contributed by atoms with Gasteiger partial charge in [-0.2, -0.15) is 0 Å². The van der Waals surface area contributed by atoms with Crippen LogP contribution in [0.5, 0.6) is 0 Å². The van der Waals surface area contributed by atoms with Gasteiger partial charge in [0.1, 0.15) is 5.56 Å². The first-order chi connectivity index (χ1) is 7.93. The number of aromatic carboxylic acids is 1. The minimum Gasteiger partial charge on any atom is -0.477 e. The third kappa shape index (κ3) is 1.62. The number of fused-ring (bicyclic) bond motifs is 1. The fourth-order valence-corrected chi connectivity index (χ4v) is 2.03. The van der Waals surface area contributed by atoms with Crippen molar-refractivity contribution >= 4 is 16.9 Å². The lowest BCUT2D eigenvalue weighted by Crippen LogP contribution is -2.20. The molecule has 0 atom stereocenters. The molecule has 0 amide bonds. The Morgan fingerprint density at radius 2 is 1.82 bits per heavy atom. The monoisotopic (exact) mass is 231 g/mol. The van der Waals surface area contributed by atoms with Crippen molar-refractivity contribution in [3.05, 3.63) is 44.7 Å². The molecule has 0 unspecified atom stereocenters. The summed E-state index contributed by atoms with van der Waals surface area (Å²) in [6.07, 6.45) is 0. The van der Waals surface area contributed by atoms with Crippen LogP contribution in [0.25, 0.3) is 10.9 Å². The van der Waals surface area contributed by atoms with E-state index in [2.05, 4.69) is 4.98 Å². The molecule has 0 saturated heterocycles. The standard InChI is InChI=1S/C13H13NO3/c1-6-4-5-9-8(3)10(13(16)17)12(15)14-11(9)7(6)2/h4-5H,1-3H3,(H,14,15)(H,16,17). The second kappa shape index (κ2) is 3.73. The Kier molecular flexibility index (Phi) is 2.50. The molecule has 0 spiro atoms. The number of carbonyl (C=O) groups is 1. The number of hydrogen-bond donors (Lipinski definition) is 2. The average Bonchev–Trinajstić information content (AvgIpc) is 2.23. The van der Waals surface area contributed by atoms with Crippen LogP contribution in [-0.4, -0.2) is 16.1 Å². The number of hydrogen-bond acceptors (Lipinski definition) is 2. The Morgan fingerprint density at radius 1 is 1.18 bits per heavy atom. The molecule has 4 heteroatoms. The molecule has 2 aromatic rings. The van der Waals surface area contributed by atoms with Crippen LogP contribution in [0.15, 0.2) is 16.9 Å². The number of carboxylic acids is 1. The van der Waals surface area contributed by atoms with Gasteiger partial charge >= 0.3 is 5.97 Å². The summed E-state index contributed by atoms with van der Waals surface area (Å²) < 4.78 is 0. The Bertz CT molecular complexity index is 683. The maximum Gasteiger partial charge on any atom is 0.341 e. The molecular weight excluding hydrogens is 218 g/mol. The lowest BCUT2D eigenvalue weighted by Gasteiger charge is -2.09. The topological polar surface area (TPSA) is 70.2 Å². The molecule has 2 rings (SSSR count). The second-order valence-corrected chi connectivity index (χ2v) is 4.19. The average molecular weight is 231 g/mol. The summed E-state index contributed by atoms with van der Waals surface area (Å²) in [6.45, 7) is 5.52. The summed E-state index contributed by atoms with van der Waals surface area (Å²) in [7, 11) is 0. The summed E-state index contributed by atoms with van der Waals surface area (Å²) >= 11 is 0. The number of aromatic nitrogens is 1. The lowest BCUT2D eigenvalue weighted by atomic mass is 9.99. The molecular formula is C13H13NO3. The normalized spacial score (nSPS) is 10.8. The first-order valence-corrected chi connectivity index (χ1v) is 5.29. The van der Waals surface area contributed by atoms with E-state index in [0.717, 1.165) is 22.0 Å². The molecule has 0 fully saturated rings. The summed E-state index contributed by atoms with van der Waals surface area (Å²) in [5.74, 6) is -1.19. The highest BCUT2D eigenvalue weighted by atomic mass is 16.4. The van der Waals surface area contributed by atoms with E-state index in [4.69, 9.17) is 5.11 Å². The molecule has 0 aliphatic rings. The van der Waals surface area contributed by atoms with Crippen molar-refractivity contribution in [2.75, 3.05) is 0 Å². The molecule has 88 valence electrons. The zero-order valence-corrected chi connectivity index (χ0v) is 9.92. The van der Waals surface area contributed by atoms with Crippen LogP contribution in [0.1, 0.15) is 27.0 Å². The maximum absolute atomic E-state index is 11.7. The molecule has 1 aromatic carbocycles. The van der Waals surface area contributed by atoms with Gasteiger partial charge in [-0.25, -0.2) is 4.79 Å². The fourth-order valence-electron chi connectivity index (χ4n) is 2.03. The van der Waals surface area contributed by atoms with Crippen LogP contribution >= 0.6 is 0 Å². The van der Waals surface area contributed by atoms with Crippen LogP contribution in [0.2, 0.25) is 0 Å². The van der Waals surface area contributed by atoms with E-state index in [0.29, 0.717) is 5.56 Å². The van der Waals surface area contributed by atoms with Crippen LogP contribution in [0.4, 0.5) is 0 Å². The first kappa shape index (κ1) is 11.4. The van der Waals surface area contributed by atoms with E-state index < -0.39 is 11.5 Å². The molecule has 4 nitrogen and oxygen atoms in total. The highest BCUT2D eigenvalue weighted by molar-refractivity contribution is 5.96. The Morgan fingerprint density at radius 3 is 2.41 bits per heavy atom. The third-order valence-corrected chi connectivity index (χ3v) is 3.19. The van der Waals surface area contributed by atoms with Crippen LogP contribution in [0, 0.1) is 20.8 Å². The maximum atomic E-state index is 11.7. The minimum atomic E-state index is -1.19.